The van der Waals surface area contributed by atoms with Gasteiger partial charge in [-0.3, -0.25) is 0 Å². The number of nitrogens with zero attached hydrogens (tertiary/aromatic N) is 2. The zero-order valence-electron chi connectivity index (χ0n) is 16.5. The van der Waals surface area contributed by atoms with Crippen molar-refractivity contribution in [1.29, 1.82) is 0 Å². The molecule has 1 aliphatic heterocycles. The smallest absolute Gasteiger partial charge is 0.244 e. The van der Waals surface area contributed by atoms with E-state index < -0.39 is 20.0 Å². The summed E-state index contributed by atoms with van der Waals surface area (Å²) in [5.41, 5.74) is 0. The van der Waals surface area contributed by atoms with E-state index >= 15 is 0 Å². The molecule has 31 heavy (non-hydrogen) atoms. The normalized spacial score (nSPS) is 16.3. The molecule has 0 radical (unpaired) electrons. The van der Waals surface area contributed by atoms with Crippen molar-refractivity contribution in [1.82, 2.24) is 8.61 Å². The van der Waals surface area contributed by atoms with Crippen LogP contribution >= 0.6 is 34.8 Å². The molecule has 0 N–H and O–H groups in total. The summed E-state index contributed by atoms with van der Waals surface area (Å²) in [6, 6.07) is 6.73. The summed E-state index contributed by atoms with van der Waals surface area (Å²) in [5, 5.41) is 0.130. The Labute approximate surface area is 196 Å². The Morgan fingerprint density at radius 1 is 0.710 bits per heavy atom. The maximum absolute atomic E-state index is 13.0. The number of rotatable bonds is 6. The molecular formula is C18H19Cl3N2O6S2. The van der Waals surface area contributed by atoms with Gasteiger partial charge in [-0.15, -0.1) is 0 Å². The van der Waals surface area contributed by atoms with E-state index in [1.165, 1.54) is 53.2 Å². The molecule has 0 atom stereocenters. The van der Waals surface area contributed by atoms with Crippen molar-refractivity contribution in [3.63, 3.8) is 0 Å². The van der Waals surface area contributed by atoms with Gasteiger partial charge in [0.2, 0.25) is 20.0 Å². The molecule has 2 aromatic rings. The predicted octanol–water partition coefficient (Wildman–Crippen LogP) is 3.36. The van der Waals surface area contributed by atoms with Crippen molar-refractivity contribution in [2.24, 2.45) is 0 Å². The lowest BCUT2D eigenvalue weighted by molar-refractivity contribution is 0.272. The largest absolute Gasteiger partial charge is 0.493 e. The quantitative estimate of drug-likeness (QED) is 0.533. The Bertz CT molecular complexity index is 1200. The number of benzene rings is 2. The first-order chi connectivity index (χ1) is 14.5. The Kier molecular flexibility index (Phi) is 7.31. The van der Waals surface area contributed by atoms with Crippen molar-refractivity contribution in [2.75, 3.05) is 40.4 Å². The number of sulfonamides is 2. The Balaban J connectivity index is 1.81. The van der Waals surface area contributed by atoms with Gasteiger partial charge < -0.3 is 9.47 Å². The zero-order valence-corrected chi connectivity index (χ0v) is 20.4. The fourth-order valence-electron chi connectivity index (χ4n) is 3.12. The molecule has 1 heterocycles. The fourth-order valence-corrected chi connectivity index (χ4v) is 6.95. The number of methoxy groups -OCH3 is 2. The summed E-state index contributed by atoms with van der Waals surface area (Å²) >= 11 is 17.9. The highest BCUT2D eigenvalue weighted by Gasteiger charge is 2.35. The van der Waals surface area contributed by atoms with Gasteiger partial charge >= 0.3 is 0 Å². The number of piperazine rings is 1. The minimum Gasteiger partial charge on any atom is -0.493 e. The molecule has 0 saturated carbocycles. The summed E-state index contributed by atoms with van der Waals surface area (Å²) in [5.74, 6) is 0.676. The molecule has 1 aliphatic rings. The summed E-state index contributed by atoms with van der Waals surface area (Å²) in [6.07, 6.45) is 0. The van der Waals surface area contributed by atoms with E-state index in [4.69, 9.17) is 44.3 Å². The first-order valence-corrected chi connectivity index (χ1v) is 12.9. The van der Waals surface area contributed by atoms with E-state index in [2.05, 4.69) is 0 Å². The minimum absolute atomic E-state index is 0.0222. The Hall–Kier alpha value is -1.27. The third-order valence-electron chi connectivity index (χ3n) is 4.78. The second-order valence-corrected chi connectivity index (χ2v) is 11.6. The zero-order chi connectivity index (χ0) is 23.0. The second kappa shape index (κ2) is 9.30. The van der Waals surface area contributed by atoms with Crippen LogP contribution in [-0.4, -0.2) is 65.8 Å². The van der Waals surface area contributed by atoms with Crippen LogP contribution in [0.5, 0.6) is 11.5 Å². The predicted molar refractivity (Wildman–Crippen MR) is 119 cm³/mol. The summed E-state index contributed by atoms with van der Waals surface area (Å²) in [6.45, 7) is -0.166. The van der Waals surface area contributed by atoms with Gasteiger partial charge in [0.1, 0.15) is 4.90 Å². The van der Waals surface area contributed by atoms with Gasteiger partial charge in [0.05, 0.1) is 34.2 Å². The molecule has 2 aromatic carbocycles. The molecule has 0 amide bonds. The van der Waals surface area contributed by atoms with Gasteiger partial charge in [-0.1, -0.05) is 34.8 Å². The standard InChI is InChI=1S/C18H19Cl3N2O6S2/c1-28-16-4-3-12(9-17(16)29-2)30(24,25)22-5-7-23(8-6-22)31(26,27)18-11-14(20)13(19)10-15(18)21/h3-4,9-11H,5-8H2,1-2H3. The van der Waals surface area contributed by atoms with Crippen LogP contribution in [0.25, 0.3) is 0 Å². The van der Waals surface area contributed by atoms with Gasteiger partial charge in [-0.25, -0.2) is 16.8 Å². The third-order valence-corrected chi connectivity index (χ3v) is 9.76. The highest BCUT2D eigenvalue weighted by atomic mass is 35.5. The van der Waals surface area contributed by atoms with Crippen molar-refractivity contribution in [3.05, 3.63) is 45.4 Å². The Morgan fingerprint density at radius 3 is 1.77 bits per heavy atom. The lowest BCUT2D eigenvalue weighted by atomic mass is 10.3. The maximum Gasteiger partial charge on any atom is 0.244 e. The lowest BCUT2D eigenvalue weighted by Crippen LogP contribution is -2.50. The van der Waals surface area contributed by atoms with E-state index in [0.717, 1.165) is 0 Å². The summed E-state index contributed by atoms with van der Waals surface area (Å²) in [7, 11) is -4.99. The third kappa shape index (κ3) is 4.75. The number of hydrogen-bond acceptors (Lipinski definition) is 6. The van der Waals surface area contributed by atoms with Gasteiger partial charge in [0.15, 0.2) is 11.5 Å². The van der Waals surface area contributed by atoms with Crippen LogP contribution in [0.3, 0.4) is 0 Å². The molecule has 1 fully saturated rings. The van der Waals surface area contributed by atoms with Crippen LogP contribution in [0.15, 0.2) is 40.1 Å². The van der Waals surface area contributed by atoms with Gasteiger partial charge in [-0.05, 0) is 24.3 Å². The molecule has 3 rings (SSSR count). The highest BCUT2D eigenvalue weighted by molar-refractivity contribution is 7.89. The molecule has 0 unspecified atom stereocenters. The number of halogens is 3. The molecular weight excluding hydrogens is 511 g/mol. The molecule has 1 saturated heterocycles. The van der Waals surface area contributed by atoms with Crippen molar-refractivity contribution in [3.8, 4) is 11.5 Å². The van der Waals surface area contributed by atoms with Crippen molar-refractivity contribution >= 4 is 54.8 Å². The van der Waals surface area contributed by atoms with Gasteiger partial charge in [0.25, 0.3) is 0 Å². The van der Waals surface area contributed by atoms with Crippen LogP contribution in [-0.2, 0) is 20.0 Å². The summed E-state index contributed by atoms with van der Waals surface area (Å²) < 4.78 is 64.7. The van der Waals surface area contributed by atoms with Gasteiger partial charge in [0, 0.05) is 32.2 Å². The first-order valence-electron chi connectivity index (χ1n) is 8.89. The van der Waals surface area contributed by atoms with Crippen LogP contribution < -0.4 is 9.47 Å². The van der Waals surface area contributed by atoms with Crippen molar-refractivity contribution < 1.29 is 26.3 Å². The van der Waals surface area contributed by atoms with Gasteiger partial charge in [-0.2, -0.15) is 8.61 Å². The molecule has 8 nitrogen and oxygen atoms in total. The fraction of sp³-hybridized carbons (Fsp3) is 0.333. The Morgan fingerprint density at radius 2 is 1.23 bits per heavy atom. The number of hydrogen-bond donors (Lipinski definition) is 0. The molecule has 170 valence electrons. The molecule has 0 bridgehead atoms. The van der Waals surface area contributed by atoms with E-state index in [9.17, 15) is 16.8 Å². The average molecular weight is 530 g/mol. The van der Waals surface area contributed by atoms with Crippen LogP contribution in [0.4, 0.5) is 0 Å². The van der Waals surface area contributed by atoms with E-state index in [1.807, 2.05) is 0 Å². The topological polar surface area (TPSA) is 93.2 Å². The SMILES string of the molecule is COc1ccc(S(=O)(=O)N2CCN(S(=O)(=O)c3cc(Cl)c(Cl)cc3Cl)CC2)cc1OC. The van der Waals surface area contributed by atoms with Crippen molar-refractivity contribution in [2.45, 2.75) is 9.79 Å². The van der Waals surface area contributed by atoms with Crippen LogP contribution in [0.1, 0.15) is 0 Å². The average Bonchev–Trinajstić information content (AvgIpc) is 2.75. The van der Waals surface area contributed by atoms with E-state index in [-0.39, 0.29) is 56.8 Å². The number of ether oxygens (including phenoxy) is 2. The maximum atomic E-state index is 13.0. The molecule has 0 aromatic heterocycles. The monoisotopic (exact) mass is 528 g/mol. The van der Waals surface area contributed by atoms with E-state index in [0.29, 0.717) is 5.75 Å². The molecule has 0 aliphatic carbocycles. The minimum atomic E-state index is -3.98. The summed E-state index contributed by atoms with van der Waals surface area (Å²) in [4.78, 5) is -0.159. The first kappa shape index (κ1) is 24.4. The second-order valence-electron chi connectivity index (χ2n) is 6.52. The molecule has 0 spiro atoms. The van der Waals surface area contributed by atoms with E-state index in [1.54, 1.807) is 0 Å². The lowest BCUT2D eigenvalue weighted by Gasteiger charge is -2.33. The van der Waals surface area contributed by atoms with Crippen LogP contribution in [0.2, 0.25) is 15.1 Å². The van der Waals surface area contributed by atoms with Crippen LogP contribution in [0, 0.1) is 0 Å². The highest BCUT2D eigenvalue weighted by Crippen LogP contribution is 2.34. The molecule has 13 heteroatoms.